The van der Waals surface area contributed by atoms with Crippen LogP contribution in [0.1, 0.15) is 16.7 Å². The first-order valence-corrected chi connectivity index (χ1v) is 5.40. The van der Waals surface area contributed by atoms with Gasteiger partial charge in [-0.3, -0.25) is 5.41 Å². The summed E-state index contributed by atoms with van der Waals surface area (Å²) in [5.41, 5.74) is 3.46. The molecule has 0 fully saturated rings. The third-order valence-corrected chi connectivity index (χ3v) is 2.53. The summed E-state index contributed by atoms with van der Waals surface area (Å²) in [6.45, 7) is -0.409. The van der Waals surface area contributed by atoms with Gasteiger partial charge in [-0.1, -0.05) is 0 Å². The van der Waals surface area contributed by atoms with Crippen molar-refractivity contribution in [2.45, 2.75) is 18.9 Å². The minimum Gasteiger partial charge on any atom is -0.339 e. The molecule has 0 aliphatic carbocycles. The Labute approximate surface area is 115 Å². The molecule has 0 aliphatic heterocycles. The monoisotopic (exact) mass is 312 g/mol. The van der Waals surface area contributed by atoms with Crippen molar-refractivity contribution in [1.29, 1.82) is 10.9 Å². The number of halogens is 6. The number of alkyl halides is 6. The molecule has 1 rings (SSSR count). The molecule has 4 nitrogen and oxygen atoms in total. The molecule has 0 aromatic heterocycles. The van der Waals surface area contributed by atoms with Crippen molar-refractivity contribution in [3.8, 4) is 0 Å². The molecule has 2 N–H and O–H groups in total. The average Bonchev–Trinajstić information content (AvgIpc) is 2.35. The van der Waals surface area contributed by atoms with Gasteiger partial charge in [0, 0.05) is 13.6 Å². The Morgan fingerprint density at radius 3 is 1.81 bits per heavy atom. The van der Waals surface area contributed by atoms with Gasteiger partial charge < -0.3 is 4.90 Å². The maximum Gasteiger partial charge on any atom is 0.416 e. The highest BCUT2D eigenvalue weighted by Gasteiger charge is 2.36. The van der Waals surface area contributed by atoms with E-state index in [0.29, 0.717) is 12.1 Å². The van der Waals surface area contributed by atoms with E-state index in [1.54, 1.807) is 0 Å². The standard InChI is InChI=1S/C11H10F6N4/c1-21(9(18)20-19)5-6-2-7(10(12,13)14)4-8(3-6)11(15,16)17/h2-4,18-19H,5H2,1H3. The van der Waals surface area contributed by atoms with E-state index in [-0.39, 0.29) is 11.6 Å². The number of guanidine groups is 1. The molecule has 1 aromatic carbocycles. The van der Waals surface area contributed by atoms with Crippen molar-refractivity contribution >= 4 is 5.96 Å². The van der Waals surface area contributed by atoms with Crippen molar-refractivity contribution in [3.63, 3.8) is 0 Å². The Hall–Kier alpha value is -2.13. The van der Waals surface area contributed by atoms with E-state index in [2.05, 4.69) is 5.11 Å². The van der Waals surface area contributed by atoms with Crippen LogP contribution in [-0.4, -0.2) is 17.9 Å². The SMILES string of the molecule is CN(Cc1cc(C(F)(F)F)cc(C(F)(F)F)c1)C(=N)N=N. The van der Waals surface area contributed by atoms with Crippen LogP contribution in [0.25, 0.3) is 0 Å². The first-order chi connectivity index (χ1) is 9.45. The molecule has 21 heavy (non-hydrogen) atoms. The first-order valence-electron chi connectivity index (χ1n) is 5.40. The third-order valence-electron chi connectivity index (χ3n) is 2.53. The van der Waals surface area contributed by atoms with Gasteiger partial charge in [0.15, 0.2) is 0 Å². The average molecular weight is 312 g/mol. The highest BCUT2D eigenvalue weighted by molar-refractivity contribution is 5.76. The van der Waals surface area contributed by atoms with Crippen LogP contribution in [0.15, 0.2) is 23.3 Å². The lowest BCUT2D eigenvalue weighted by Crippen LogP contribution is -2.24. The summed E-state index contributed by atoms with van der Waals surface area (Å²) in [6.07, 6.45) is -9.83. The molecule has 10 heteroatoms. The zero-order valence-corrected chi connectivity index (χ0v) is 10.6. The van der Waals surface area contributed by atoms with Crippen molar-refractivity contribution < 1.29 is 26.3 Å². The Morgan fingerprint density at radius 1 is 1.05 bits per heavy atom. The molecule has 116 valence electrons. The van der Waals surface area contributed by atoms with Gasteiger partial charge in [0.2, 0.25) is 5.96 Å². The van der Waals surface area contributed by atoms with Gasteiger partial charge in [-0.05, 0) is 23.8 Å². The summed E-state index contributed by atoms with van der Waals surface area (Å²) < 4.78 is 75.8. The van der Waals surface area contributed by atoms with Crippen molar-refractivity contribution in [3.05, 3.63) is 34.9 Å². The molecule has 0 spiro atoms. The molecule has 0 amide bonds. The summed E-state index contributed by atoms with van der Waals surface area (Å²) in [4.78, 5) is 0.947. The predicted octanol–water partition coefficient (Wildman–Crippen LogP) is 4.12. The topological polar surface area (TPSA) is 63.3 Å². The van der Waals surface area contributed by atoms with E-state index >= 15 is 0 Å². The van der Waals surface area contributed by atoms with Crippen molar-refractivity contribution in [1.82, 2.24) is 4.90 Å². The van der Waals surface area contributed by atoms with Crippen LogP contribution in [0.3, 0.4) is 0 Å². The van der Waals surface area contributed by atoms with Gasteiger partial charge in [-0.25, -0.2) is 5.53 Å². The third kappa shape index (κ3) is 4.43. The van der Waals surface area contributed by atoms with Crippen LogP contribution >= 0.6 is 0 Å². The molecule has 0 aliphatic rings. The molecular weight excluding hydrogens is 302 g/mol. The normalized spacial score (nSPS) is 12.1. The fraction of sp³-hybridized carbons (Fsp3) is 0.364. The second kappa shape index (κ2) is 5.70. The molecule has 0 saturated heterocycles. The van der Waals surface area contributed by atoms with Crippen LogP contribution in [0.5, 0.6) is 0 Å². The number of hydrogen-bond donors (Lipinski definition) is 2. The summed E-state index contributed by atoms with van der Waals surface area (Å²) in [6, 6.07) is 1.18. The van der Waals surface area contributed by atoms with E-state index in [9.17, 15) is 26.3 Å². The highest BCUT2D eigenvalue weighted by atomic mass is 19.4. The zero-order chi connectivity index (χ0) is 16.4. The first kappa shape index (κ1) is 16.9. The number of hydrogen-bond acceptors (Lipinski definition) is 2. The molecule has 0 bridgehead atoms. The zero-order valence-electron chi connectivity index (χ0n) is 10.6. The van der Waals surface area contributed by atoms with Gasteiger partial charge in [0.25, 0.3) is 0 Å². The van der Waals surface area contributed by atoms with Gasteiger partial charge in [0.1, 0.15) is 0 Å². The molecule has 1 aromatic rings. The number of benzene rings is 1. The molecule has 0 heterocycles. The molecule has 0 unspecified atom stereocenters. The lowest BCUT2D eigenvalue weighted by Gasteiger charge is -2.18. The number of nitrogens with zero attached hydrogens (tertiary/aromatic N) is 2. The van der Waals surface area contributed by atoms with E-state index in [1.807, 2.05) is 0 Å². The summed E-state index contributed by atoms with van der Waals surface area (Å²) in [7, 11) is 1.23. The second-order valence-electron chi connectivity index (χ2n) is 4.21. The van der Waals surface area contributed by atoms with Crippen LogP contribution in [-0.2, 0) is 18.9 Å². The van der Waals surface area contributed by atoms with Gasteiger partial charge in [-0.15, -0.1) is 5.11 Å². The van der Waals surface area contributed by atoms with Crippen LogP contribution < -0.4 is 0 Å². The van der Waals surface area contributed by atoms with Crippen LogP contribution in [0, 0.1) is 10.9 Å². The largest absolute Gasteiger partial charge is 0.416 e. The van der Waals surface area contributed by atoms with E-state index in [4.69, 9.17) is 10.9 Å². The smallest absolute Gasteiger partial charge is 0.339 e. The van der Waals surface area contributed by atoms with E-state index < -0.39 is 36.0 Å². The van der Waals surface area contributed by atoms with Gasteiger partial charge in [-0.2, -0.15) is 26.3 Å². The number of rotatable bonds is 2. The van der Waals surface area contributed by atoms with Gasteiger partial charge >= 0.3 is 12.4 Å². The summed E-state index contributed by atoms with van der Waals surface area (Å²) in [5.74, 6) is -0.582. The Morgan fingerprint density at radius 2 is 1.48 bits per heavy atom. The second-order valence-corrected chi connectivity index (χ2v) is 4.21. The summed E-state index contributed by atoms with van der Waals surface area (Å²) >= 11 is 0. The van der Waals surface area contributed by atoms with Crippen LogP contribution in [0.2, 0.25) is 0 Å². The number of nitrogens with one attached hydrogen (secondary N) is 2. The van der Waals surface area contributed by atoms with E-state index in [1.165, 1.54) is 7.05 Å². The van der Waals surface area contributed by atoms with Gasteiger partial charge in [0.05, 0.1) is 11.1 Å². The quantitative estimate of drug-likeness (QED) is 0.367. The molecular formula is C11H10F6N4. The Balaban J connectivity index is 3.26. The Bertz CT molecular complexity index is 516. The summed E-state index contributed by atoms with van der Waals surface area (Å²) in [5, 5.41) is 9.91. The highest BCUT2D eigenvalue weighted by Crippen LogP contribution is 2.36. The maximum atomic E-state index is 12.6. The van der Waals surface area contributed by atoms with Crippen molar-refractivity contribution in [2.24, 2.45) is 5.11 Å². The minimum absolute atomic E-state index is 0.0314. The fourth-order valence-corrected chi connectivity index (χ4v) is 1.54. The Kier molecular flexibility index (Phi) is 4.59. The molecule has 0 atom stereocenters. The maximum absolute atomic E-state index is 12.6. The van der Waals surface area contributed by atoms with Crippen molar-refractivity contribution in [2.75, 3.05) is 7.05 Å². The minimum atomic E-state index is -4.91. The lowest BCUT2D eigenvalue weighted by molar-refractivity contribution is -0.143. The van der Waals surface area contributed by atoms with Crippen LogP contribution in [0.4, 0.5) is 26.3 Å². The lowest BCUT2D eigenvalue weighted by atomic mass is 10.0. The van der Waals surface area contributed by atoms with E-state index in [0.717, 1.165) is 4.90 Å². The predicted molar refractivity (Wildman–Crippen MR) is 60.8 cm³/mol. The fourth-order valence-electron chi connectivity index (χ4n) is 1.54. The molecule has 0 saturated carbocycles. The molecule has 0 radical (unpaired) electrons.